The molecule has 2 aromatic carbocycles. The fourth-order valence-corrected chi connectivity index (χ4v) is 3.21. The smallest absolute Gasteiger partial charge is 0.335 e. The highest BCUT2D eigenvalue weighted by Gasteiger charge is 2.42. The highest BCUT2D eigenvalue weighted by atomic mass is 19.4. The minimum absolute atomic E-state index is 0.0828. The molecule has 30 heavy (non-hydrogen) atoms. The molecule has 1 amide bonds. The molecule has 4 rings (SSSR count). The SMILES string of the molecule is O=C(NC(c1ccccc1)C(F)(F)F)c1nc(-c2ccc(F)cc2)n2ccccc12. The molecule has 0 aliphatic rings. The number of aromatic nitrogens is 2. The van der Waals surface area contributed by atoms with Gasteiger partial charge in [0.1, 0.15) is 11.6 Å². The van der Waals surface area contributed by atoms with Gasteiger partial charge in [0, 0.05) is 11.8 Å². The summed E-state index contributed by atoms with van der Waals surface area (Å²) in [6.07, 6.45) is -3.05. The van der Waals surface area contributed by atoms with E-state index in [1.807, 2.05) is 0 Å². The van der Waals surface area contributed by atoms with Crippen molar-refractivity contribution in [3.8, 4) is 11.4 Å². The summed E-state index contributed by atoms with van der Waals surface area (Å²) < 4.78 is 55.7. The Kier molecular flexibility index (Phi) is 4.99. The maximum Gasteiger partial charge on any atom is 0.412 e. The third-order valence-electron chi connectivity index (χ3n) is 4.60. The number of imidazole rings is 1. The summed E-state index contributed by atoms with van der Waals surface area (Å²) in [7, 11) is 0. The molecule has 0 spiro atoms. The lowest BCUT2D eigenvalue weighted by Crippen LogP contribution is -2.38. The van der Waals surface area contributed by atoms with Crippen molar-refractivity contribution in [2.45, 2.75) is 12.2 Å². The van der Waals surface area contributed by atoms with Gasteiger partial charge in [0.2, 0.25) is 0 Å². The van der Waals surface area contributed by atoms with Gasteiger partial charge < -0.3 is 5.32 Å². The highest BCUT2D eigenvalue weighted by molar-refractivity contribution is 6.00. The number of carbonyl (C=O) groups excluding carboxylic acids is 1. The Bertz CT molecular complexity index is 1180. The van der Waals surface area contributed by atoms with Gasteiger partial charge in [-0.25, -0.2) is 9.37 Å². The minimum Gasteiger partial charge on any atom is -0.335 e. The molecule has 1 N–H and O–H groups in total. The lowest BCUT2D eigenvalue weighted by atomic mass is 10.1. The first-order chi connectivity index (χ1) is 14.3. The Morgan fingerprint density at radius 1 is 0.933 bits per heavy atom. The summed E-state index contributed by atoms with van der Waals surface area (Å²) in [6, 6.07) is 15.4. The second-order valence-electron chi connectivity index (χ2n) is 6.61. The van der Waals surface area contributed by atoms with Crippen LogP contribution in [0.1, 0.15) is 22.1 Å². The molecule has 0 radical (unpaired) electrons. The zero-order chi connectivity index (χ0) is 21.3. The number of hydrogen-bond donors (Lipinski definition) is 1. The lowest BCUT2D eigenvalue weighted by molar-refractivity contribution is -0.155. The fraction of sp³-hybridized carbons (Fsp3) is 0.0909. The third-order valence-corrected chi connectivity index (χ3v) is 4.60. The number of halogens is 4. The number of alkyl halides is 3. The molecule has 0 saturated carbocycles. The van der Waals surface area contributed by atoms with E-state index in [0.717, 1.165) is 0 Å². The molecule has 0 aliphatic heterocycles. The molecule has 2 aromatic heterocycles. The van der Waals surface area contributed by atoms with E-state index in [1.165, 1.54) is 48.5 Å². The van der Waals surface area contributed by atoms with Gasteiger partial charge >= 0.3 is 6.18 Å². The van der Waals surface area contributed by atoms with Crippen molar-refractivity contribution in [2.24, 2.45) is 0 Å². The number of hydrogen-bond acceptors (Lipinski definition) is 2. The monoisotopic (exact) mass is 413 g/mol. The summed E-state index contributed by atoms with van der Waals surface area (Å²) >= 11 is 0. The molecule has 1 unspecified atom stereocenters. The number of pyridine rings is 1. The number of benzene rings is 2. The van der Waals surface area contributed by atoms with Crippen LogP contribution in [0.2, 0.25) is 0 Å². The Morgan fingerprint density at radius 2 is 1.60 bits per heavy atom. The van der Waals surface area contributed by atoms with Crippen LogP contribution in [0.4, 0.5) is 17.6 Å². The third kappa shape index (κ3) is 3.76. The first-order valence-corrected chi connectivity index (χ1v) is 9.00. The average Bonchev–Trinajstić information content (AvgIpc) is 3.12. The van der Waals surface area contributed by atoms with E-state index in [9.17, 15) is 22.4 Å². The van der Waals surface area contributed by atoms with Gasteiger partial charge in [-0.05, 0) is 42.0 Å². The van der Waals surface area contributed by atoms with Crippen molar-refractivity contribution < 1.29 is 22.4 Å². The minimum atomic E-state index is -4.69. The quantitative estimate of drug-likeness (QED) is 0.469. The molecule has 0 aliphatic carbocycles. The number of nitrogens with zero attached hydrogens (tertiary/aromatic N) is 2. The number of carbonyl (C=O) groups is 1. The second kappa shape index (κ2) is 7.62. The average molecular weight is 413 g/mol. The molecule has 0 saturated heterocycles. The summed E-state index contributed by atoms with van der Waals surface area (Å²) in [4.78, 5) is 17.1. The number of fused-ring (bicyclic) bond motifs is 1. The van der Waals surface area contributed by atoms with Crippen molar-refractivity contribution in [1.29, 1.82) is 0 Å². The Hall–Kier alpha value is -3.68. The number of rotatable bonds is 4. The van der Waals surface area contributed by atoms with Gasteiger partial charge in [0.15, 0.2) is 11.7 Å². The van der Waals surface area contributed by atoms with Gasteiger partial charge in [-0.1, -0.05) is 36.4 Å². The number of amides is 1. The van der Waals surface area contributed by atoms with Crippen LogP contribution in [-0.2, 0) is 0 Å². The van der Waals surface area contributed by atoms with Gasteiger partial charge in [0.05, 0.1) is 5.52 Å². The van der Waals surface area contributed by atoms with E-state index in [0.29, 0.717) is 16.9 Å². The van der Waals surface area contributed by atoms with E-state index in [-0.39, 0.29) is 11.3 Å². The van der Waals surface area contributed by atoms with Crippen LogP contribution >= 0.6 is 0 Å². The predicted octanol–water partition coefficient (Wildman–Crippen LogP) is 5.17. The molecule has 1 atom stereocenters. The molecular formula is C22H15F4N3O. The van der Waals surface area contributed by atoms with Crippen LogP contribution in [0.15, 0.2) is 79.0 Å². The largest absolute Gasteiger partial charge is 0.412 e. The maximum atomic E-state index is 13.6. The van der Waals surface area contributed by atoms with Gasteiger partial charge in [-0.15, -0.1) is 0 Å². The lowest BCUT2D eigenvalue weighted by Gasteiger charge is -2.21. The molecule has 4 aromatic rings. The predicted molar refractivity (Wildman–Crippen MR) is 103 cm³/mol. The second-order valence-corrected chi connectivity index (χ2v) is 6.61. The maximum absolute atomic E-state index is 13.6. The van der Waals surface area contributed by atoms with Crippen LogP contribution in [0.5, 0.6) is 0 Å². The van der Waals surface area contributed by atoms with Crippen molar-refractivity contribution in [3.63, 3.8) is 0 Å². The Balaban J connectivity index is 1.75. The zero-order valence-corrected chi connectivity index (χ0v) is 15.4. The number of nitrogens with one attached hydrogen (secondary N) is 1. The van der Waals surface area contributed by atoms with Gasteiger partial charge in [0.25, 0.3) is 5.91 Å². The van der Waals surface area contributed by atoms with Crippen molar-refractivity contribution in [2.75, 3.05) is 0 Å². The summed E-state index contributed by atoms with van der Waals surface area (Å²) in [5, 5.41) is 2.06. The van der Waals surface area contributed by atoms with Crippen molar-refractivity contribution in [1.82, 2.24) is 14.7 Å². The van der Waals surface area contributed by atoms with Crippen LogP contribution in [0, 0.1) is 5.82 Å². The first kappa shape index (κ1) is 19.6. The molecule has 0 bridgehead atoms. The molecule has 152 valence electrons. The standard InChI is InChI=1S/C22H15F4N3O/c23-16-11-9-15(10-12-16)20-27-18(17-8-4-5-13-29(17)20)21(30)28-19(22(24,25)26)14-6-2-1-3-7-14/h1-13,19H,(H,28,30). The molecule has 2 heterocycles. The molecule has 4 nitrogen and oxygen atoms in total. The van der Waals surface area contributed by atoms with Gasteiger partial charge in [-0.2, -0.15) is 13.2 Å². The summed E-state index contributed by atoms with van der Waals surface area (Å²) in [5.41, 5.74) is 0.621. The first-order valence-electron chi connectivity index (χ1n) is 9.00. The molecule has 8 heteroatoms. The van der Waals surface area contributed by atoms with Crippen LogP contribution < -0.4 is 5.32 Å². The Labute approximate surface area is 168 Å². The topological polar surface area (TPSA) is 46.4 Å². The van der Waals surface area contributed by atoms with E-state index >= 15 is 0 Å². The van der Waals surface area contributed by atoms with Gasteiger partial charge in [-0.3, -0.25) is 9.20 Å². The van der Waals surface area contributed by atoms with E-state index in [1.54, 1.807) is 34.9 Å². The fourth-order valence-electron chi connectivity index (χ4n) is 3.21. The molecular weight excluding hydrogens is 398 g/mol. The van der Waals surface area contributed by atoms with Crippen molar-refractivity contribution in [3.05, 3.63) is 96.1 Å². The van der Waals surface area contributed by atoms with E-state index in [4.69, 9.17) is 0 Å². The summed E-state index contributed by atoms with van der Waals surface area (Å²) in [6.45, 7) is 0. The van der Waals surface area contributed by atoms with Crippen LogP contribution in [-0.4, -0.2) is 21.5 Å². The Morgan fingerprint density at radius 3 is 2.27 bits per heavy atom. The van der Waals surface area contributed by atoms with E-state index in [2.05, 4.69) is 10.3 Å². The van der Waals surface area contributed by atoms with Crippen molar-refractivity contribution >= 4 is 11.4 Å². The highest BCUT2D eigenvalue weighted by Crippen LogP contribution is 2.33. The van der Waals surface area contributed by atoms with Crippen LogP contribution in [0.3, 0.4) is 0 Å². The van der Waals surface area contributed by atoms with E-state index < -0.39 is 23.9 Å². The van der Waals surface area contributed by atoms with Crippen LogP contribution in [0.25, 0.3) is 16.9 Å². The summed E-state index contributed by atoms with van der Waals surface area (Å²) in [5.74, 6) is -1.08. The zero-order valence-electron chi connectivity index (χ0n) is 15.4. The normalized spacial score (nSPS) is 12.7. The molecule has 0 fully saturated rings.